The molecule has 0 aromatic carbocycles. The van der Waals surface area contributed by atoms with Gasteiger partial charge in [0.25, 0.3) is 0 Å². The van der Waals surface area contributed by atoms with E-state index in [1.54, 1.807) is 0 Å². The first-order chi connectivity index (χ1) is 9.63. The molecule has 1 aromatic rings. The van der Waals surface area contributed by atoms with Crippen molar-refractivity contribution < 1.29 is 0 Å². The van der Waals surface area contributed by atoms with Crippen LogP contribution in [0.25, 0.3) is 0 Å². The molecule has 2 rings (SSSR count). The third-order valence-corrected chi connectivity index (χ3v) is 6.07. The van der Waals surface area contributed by atoms with E-state index in [1.165, 1.54) is 34.5 Å². The topological polar surface area (TPSA) is 15.3 Å². The zero-order valence-corrected chi connectivity index (χ0v) is 15.3. The van der Waals surface area contributed by atoms with E-state index in [1.807, 2.05) is 11.3 Å². The van der Waals surface area contributed by atoms with E-state index >= 15 is 0 Å². The Morgan fingerprint density at radius 2 is 2.25 bits per heavy atom. The van der Waals surface area contributed by atoms with Crippen LogP contribution in [0.2, 0.25) is 0 Å². The number of piperazine rings is 1. The Hall–Kier alpha value is 0.1000. The first kappa shape index (κ1) is 16.5. The average molecular weight is 359 g/mol. The molecule has 3 unspecified atom stereocenters. The van der Waals surface area contributed by atoms with Gasteiger partial charge in [0.05, 0.1) is 3.79 Å². The van der Waals surface area contributed by atoms with Crippen molar-refractivity contribution in [3.05, 3.63) is 20.8 Å². The molecule has 0 radical (unpaired) electrons. The molecule has 0 amide bonds. The average Bonchev–Trinajstić information content (AvgIpc) is 2.84. The van der Waals surface area contributed by atoms with Gasteiger partial charge in [0.1, 0.15) is 0 Å². The van der Waals surface area contributed by atoms with Gasteiger partial charge in [-0.05, 0) is 40.4 Å². The van der Waals surface area contributed by atoms with Crippen molar-refractivity contribution in [3.63, 3.8) is 0 Å². The van der Waals surface area contributed by atoms with E-state index < -0.39 is 0 Å². The summed E-state index contributed by atoms with van der Waals surface area (Å²) in [7, 11) is 0. The maximum absolute atomic E-state index is 3.76. The molecular weight excluding hydrogens is 332 g/mol. The van der Waals surface area contributed by atoms with Crippen LogP contribution in [-0.2, 0) is 6.54 Å². The Morgan fingerprint density at radius 1 is 1.45 bits per heavy atom. The molecule has 0 spiro atoms. The number of nitrogens with zero attached hydrogens (tertiary/aromatic N) is 1. The van der Waals surface area contributed by atoms with E-state index in [2.05, 4.69) is 59.1 Å². The van der Waals surface area contributed by atoms with E-state index in [0.717, 1.165) is 19.0 Å². The Morgan fingerprint density at radius 3 is 2.85 bits per heavy atom. The molecule has 1 aliphatic rings. The summed E-state index contributed by atoms with van der Waals surface area (Å²) in [6.45, 7) is 10.4. The van der Waals surface area contributed by atoms with Crippen LogP contribution in [0.3, 0.4) is 0 Å². The fraction of sp³-hybridized carbons (Fsp3) is 0.750. The maximum Gasteiger partial charge on any atom is 0.0701 e. The van der Waals surface area contributed by atoms with Crippen LogP contribution < -0.4 is 5.32 Å². The normalized spacial score (nSPS) is 25.8. The molecule has 0 saturated carbocycles. The molecule has 2 nitrogen and oxygen atoms in total. The largest absolute Gasteiger partial charge is 0.311 e. The van der Waals surface area contributed by atoms with Gasteiger partial charge in [0, 0.05) is 36.6 Å². The minimum Gasteiger partial charge on any atom is -0.311 e. The number of hydrogen-bond donors (Lipinski definition) is 1. The Balaban J connectivity index is 2.04. The molecular formula is C16H27BrN2S. The van der Waals surface area contributed by atoms with E-state index in [4.69, 9.17) is 0 Å². The van der Waals surface area contributed by atoms with Crippen LogP contribution in [0.15, 0.2) is 15.9 Å². The van der Waals surface area contributed by atoms with Crippen LogP contribution in [0.1, 0.15) is 44.9 Å². The predicted octanol–water partition coefficient (Wildman–Crippen LogP) is 4.50. The SMILES string of the molecule is CCCC1CN(Cc2ccc(Br)s2)C(C(C)CC)CN1. The fourth-order valence-electron chi connectivity index (χ4n) is 3.09. The van der Waals surface area contributed by atoms with Gasteiger partial charge in [-0.1, -0.05) is 33.6 Å². The summed E-state index contributed by atoms with van der Waals surface area (Å²) >= 11 is 5.45. The van der Waals surface area contributed by atoms with Crippen LogP contribution in [0.4, 0.5) is 0 Å². The number of rotatable bonds is 6. The number of nitrogens with one attached hydrogen (secondary N) is 1. The van der Waals surface area contributed by atoms with Crippen LogP contribution in [-0.4, -0.2) is 30.1 Å². The predicted molar refractivity (Wildman–Crippen MR) is 92.4 cm³/mol. The maximum atomic E-state index is 3.76. The Labute approximate surface area is 136 Å². The van der Waals surface area contributed by atoms with Crippen LogP contribution in [0, 0.1) is 5.92 Å². The fourth-order valence-corrected chi connectivity index (χ4v) is 4.60. The second-order valence-electron chi connectivity index (χ2n) is 5.98. The minimum absolute atomic E-state index is 0.670. The van der Waals surface area contributed by atoms with E-state index in [-0.39, 0.29) is 0 Å². The molecule has 1 saturated heterocycles. The molecule has 1 aliphatic heterocycles. The highest BCUT2D eigenvalue weighted by Gasteiger charge is 2.30. The summed E-state index contributed by atoms with van der Waals surface area (Å²) in [5.41, 5.74) is 0. The summed E-state index contributed by atoms with van der Waals surface area (Å²) in [6.07, 6.45) is 3.82. The van der Waals surface area contributed by atoms with Crippen LogP contribution in [0.5, 0.6) is 0 Å². The third-order valence-electron chi connectivity index (χ3n) is 4.47. The van der Waals surface area contributed by atoms with Gasteiger partial charge in [-0.3, -0.25) is 4.90 Å². The number of halogens is 1. The molecule has 0 aliphatic carbocycles. The quantitative estimate of drug-likeness (QED) is 0.805. The zero-order chi connectivity index (χ0) is 14.5. The standard InChI is InChI=1S/C16H27BrN2S/c1-4-6-13-10-19(11-14-7-8-16(17)20-14)15(9-18-13)12(3)5-2/h7-8,12-13,15,18H,4-6,9-11H2,1-3H3. The molecule has 3 atom stereocenters. The second kappa shape index (κ2) is 7.92. The van der Waals surface area contributed by atoms with Crippen molar-refractivity contribution in [1.82, 2.24) is 10.2 Å². The lowest BCUT2D eigenvalue weighted by atomic mass is 9.93. The Bertz CT molecular complexity index is 407. The molecule has 114 valence electrons. The zero-order valence-electron chi connectivity index (χ0n) is 12.9. The summed E-state index contributed by atoms with van der Waals surface area (Å²) in [5.74, 6) is 0.758. The molecule has 1 aromatic heterocycles. The van der Waals surface area contributed by atoms with Gasteiger partial charge in [-0.2, -0.15) is 0 Å². The lowest BCUT2D eigenvalue weighted by Gasteiger charge is -2.43. The summed E-state index contributed by atoms with van der Waals surface area (Å²) in [5, 5.41) is 3.76. The van der Waals surface area contributed by atoms with Crippen LogP contribution >= 0.6 is 27.3 Å². The first-order valence-electron chi connectivity index (χ1n) is 7.85. The van der Waals surface area contributed by atoms with Gasteiger partial charge in [-0.15, -0.1) is 11.3 Å². The molecule has 1 N–H and O–H groups in total. The van der Waals surface area contributed by atoms with E-state index in [9.17, 15) is 0 Å². The van der Waals surface area contributed by atoms with Crippen molar-refractivity contribution >= 4 is 27.3 Å². The molecule has 20 heavy (non-hydrogen) atoms. The Kier molecular flexibility index (Phi) is 6.53. The highest BCUT2D eigenvalue weighted by Crippen LogP contribution is 2.27. The molecule has 2 heterocycles. The van der Waals surface area contributed by atoms with Gasteiger partial charge >= 0.3 is 0 Å². The lowest BCUT2D eigenvalue weighted by molar-refractivity contribution is 0.0828. The molecule has 1 fully saturated rings. The number of thiophene rings is 1. The van der Waals surface area contributed by atoms with Crippen molar-refractivity contribution in [1.29, 1.82) is 0 Å². The molecule has 4 heteroatoms. The van der Waals surface area contributed by atoms with Gasteiger partial charge < -0.3 is 5.32 Å². The molecule has 0 bridgehead atoms. The van der Waals surface area contributed by atoms with Gasteiger partial charge in [0.2, 0.25) is 0 Å². The van der Waals surface area contributed by atoms with E-state index in [0.29, 0.717) is 12.1 Å². The highest BCUT2D eigenvalue weighted by atomic mass is 79.9. The van der Waals surface area contributed by atoms with Gasteiger partial charge in [-0.25, -0.2) is 0 Å². The summed E-state index contributed by atoms with van der Waals surface area (Å²) in [4.78, 5) is 4.19. The van der Waals surface area contributed by atoms with Crippen molar-refractivity contribution in [2.24, 2.45) is 5.92 Å². The summed E-state index contributed by atoms with van der Waals surface area (Å²) in [6, 6.07) is 5.78. The first-order valence-corrected chi connectivity index (χ1v) is 9.46. The van der Waals surface area contributed by atoms with Gasteiger partial charge in [0.15, 0.2) is 0 Å². The van der Waals surface area contributed by atoms with Crippen molar-refractivity contribution in [2.75, 3.05) is 13.1 Å². The smallest absolute Gasteiger partial charge is 0.0701 e. The highest BCUT2D eigenvalue weighted by molar-refractivity contribution is 9.11. The number of hydrogen-bond acceptors (Lipinski definition) is 3. The van der Waals surface area contributed by atoms with Crippen molar-refractivity contribution in [2.45, 2.75) is 58.7 Å². The minimum atomic E-state index is 0.670. The second-order valence-corrected chi connectivity index (χ2v) is 8.53. The van der Waals surface area contributed by atoms with Crippen molar-refractivity contribution in [3.8, 4) is 0 Å². The summed E-state index contributed by atoms with van der Waals surface area (Å²) < 4.78 is 1.24. The monoisotopic (exact) mass is 358 g/mol. The lowest BCUT2D eigenvalue weighted by Crippen LogP contribution is -2.57. The third kappa shape index (κ3) is 4.30.